The number of nitrogens with zero attached hydrogens (tertiary/aromatic N) is 4. The lowest BCUT2D eigenvalue weighted by Crippen LogP contribution is -2.34. The SMILES string of the molecule is O=C(NC1CCCCn2c1nc(-c1ccncc1)cc2=O)c1ccc(OCC(F)(F)F)nc1. The first kappa shape index (κ1) is 22.4. The third-order valence-electron chi connectivity index (χ3n) is 5.14. The van der Waals surface area contributed by atoms with Crippen LogP contribution in [-0.2, 0) is 6.54 Å². The van der Waals surface area contributed by atoms with Gasteiger partial charge in [0.1, 0.15) is 5.82 Å². The fourth-order valence-corrected chi connectivity index (χ4v) is 3.57. The van der Waals surface area contributed by atoms with E-state index in [1.807, 2.05) is 0 Å². The molecule has 1 atom stereocenters. The number of hydrogen-bond donors (Lipinski definition) is 1. The van der Waals surface area contributed by atoms with Gasteiger partial charge in [-0.15, -0.1) is 0 Å². The highest BCUT2D eigenvalue weighted by molar-refractivity contribution is 5.94. The lowest BCUT2D eigenvalue weighted by Gasteiger charge is -2.20. The predicted octanol–water partition coefficient (Wildman–Crippen LogP) is 3.30. The third-order valence-corrected chi connectivity index (χ3v) is 5.14. The molecule has 0 fully saturated rings. The van der Waals surface area contributed by atoms with Crippen LogP contribution in [0.2, 0.25) is 0 Å². The van der Waals surface area contributed by atoms with E-state index >= 15 is 0 Å². The van der Waals surface area contributed by atoms with Crippen LogP contribution < -0.4 is 15.6 Å². The fourth-order valence-electron chi connectivity index (χ4n) is 3.57. The van der Waals surface area contributed by atoms with Gasteiger partial charge in [-0.05, 0) is 37.5 Å². The second-order valence-corrected chi connectivity index (χ2v) is 7.54. The molecule has 3 aromatic heterocycles. The van der Waals surface area contributed by atoms with Gasteiger partial charge in [0.25, 0.3) is 11.5 Å². The second kappa shape index (κ2) is 9.39. The molecule has 4 rings (SSSR count). The normalized spacial score (nSPS) is 15.9. The number of alkyl halides is 3. The summed E-state index contributed by atoms with van der Waals surface area (Å²) in [5.74, 6) is -0.260. The van der Waals surface area contributed by atoms with Crippen molar-refractivity contribution in [3.05, 3.63) is 70.7 Å². The van der Waals surface area contributed by atoms with Gasteiger partial charge in [0.2, 0.25) is 5.88 Å². The van der Waals surface area contributed by atoms with Crippen molar-refractivity contribution in [2.24, 2.45) is 0 Å². The molecule has 0 saturated heterocycles. The molecule has 0 saturated carbocycles. The summed E-state index contributed by atoms with van der Waals surface area (Å²) in [5, 5.41) is 2.88. The molecule has 1 N–H and O–H groups in total. The summed E-state index contributed by atoms with van der Waals surface area (Å²) >= 11 is 0. The monoisotopic (exact) mass is 459 g/mol. The maximum atomic E-state index is 12.8. The van der Waals surface area contributed by atoms with Gasteiger partial charge < -0.3 is 10.1 Å². The van der Waals surface area contributed by atoms with Crippen LogP contribution in [0.3, 0.4) is 0 Å². The van der Waals surface area contributed by atoms with Crippen LogP contribution in [0, 0.1) is 0 Å². The summed E-state index contributed by atoms with van der Waals surface area (Å²) in [4.78, 5) is 38.0. The number of carbonyl (C=O) groups excluding carboxylic acids is 1. The Labute approximate surface area is 186 Å². The molecular formula is C22H20F3N5O3. The number of fused-ring (bicyclic) bond motifs is 1. The molecule has 4 heterocycles. The Balaban J connectivity index is 1.56. The van der Waals surface area contributed by atoms with Gasteiger partial charge in [-0.2, -0.15) is 13.2 Å². The van der Waals surface area contributed by atoms with E-state index in [1.54, 1.807) is 29.1 Å². The van der Waals surface area contributed by atoms with Crippen molar-refractivity contribution in [1.82, 2.24) is 24.8 Å². The van der Waals surface area contributed by atoms with Gasteiger partial charge in [-0.3, -0.25) is 19.1 Å². The highest BCUT2D eigenvalue weighted by atomic mass is 19.4. The zero-order valence-electron chi connectivity index (χ0n) is 17.4. The van der Waals surface area contributed by atoms with Gasteiger partial charge >= 0.3 is 6.18 Å². The minimum absolute atomic E-state index is 0.151. The van der Waals surface area contributed by atoms with Gasteiger partial charge in [0, 0.05) is 42.8 Å². The Kier molecular flexibility index (Phi) is 6.38. The number of pyridine rings is 2. The third kappa shape index (κ3) is 5.54. The molecule has 0 aromatic carbocycles. The van der Waals surface area contributed by atoms with E-state index in [4.69, 9.17) is 0 Å². The standard InChI is InChI=1S/C22H20F3N5O3/c23-22(24,25)13-33-18-5-4-15(12-27-18)21(32)29-16-3-1-2-10-30-19(31)11-17(28-20(16)30)14-6-8-26-9-7-14/h4-9,11-12,16H,1-3,10,13H2,(H,29,32). The van der Waals surface area contributed by atoms with E-state index in [2.05, 4.69) is 25.0 Å². The van der Waals surface area contributed by atoms with Crippen molar-refractivity contribution < 1.29 is 22.7 Å². The number of nitrogens with one attached hydrogen (secondary N) is 1. The van der Waals surface area contributed by atoms with E-state index in [-0.39, 0.29) is 17.0 Å². The molecule has 0 spiro atoms. The Morgan fingerprint density at radius 3 is 2.67 bits per heavy atom. The average molecular weight is 459 g/mol. The second-order valence-electron chi connectivity index (χ2n) is 7.54. The molecule has 1 amide bonds. The van der Waals surface area contributed by atoms with Crippen molar-refractivity contribution >= 4 is 5.91 Å². The van der Waals surface area contributed by atoms with Crippen LogP contribution in [0.25, 0.3) is 11.3 Å². The van der Waals surface area contributed by atoms with Crippen molar-refractivity contribution in [2.45, 2.75) is 38.0 Å². The zero-order chi connectivity index (χ0) is 23.4. The average Bonchev–Trinajstić information content (AvgIpc) is 3.01. The van der Waals surface area contributed by atoms with Gasteiger partial charge in [-0.25, -0.2) is 9.97 Å². The fraction of sp³-hybridized carbons (Fsp3) is 0.318. The molecule has 8 nitrogen and oxygen atoms in total. The summed E-state index contributed by atoms with van der Waals surface area (Å²) in [6, 6.07) is 6.97. The van der Waals surface area contributed by atoms with Crippen molar-refractivity contribution in [2.75, 3.05) is 6.61 Å². The van der Waals surface area contributed by atoms with Crippen LogP contribution in [0.5, 0.6) is 5.88 Å². The summed E-state index contributed by atoms with van der Waals surface area (Å²) in [7, 11) is 0. The Hall–Kier alpha value is -3.76. The van der Waals surface area contributed by atoms with Crippen LogP contribution in [-0.4, -0.2) is 38.2 Å². The number of carbonyl (C=O) groups is 1. The van der Waals surface area contributed by atoms with Crippen LogP contribution in [0.15, 0.2) is 53.7 Å². The number of rotatable bonds is 5. The molecule has 33 heavy (non-hydrogen) atoms. The molecule has 1 unspecified atom stereocenters. The first-order chi connectivity index (χ1) is 15.8. The molecular weight excluding hydrogens is 439 g/mol. The van der Waals surface area contributed by atoms with E-state index < -0.39 is 24.7 Å². The summed E-state index contributed by atoms with van der Waals surface area (Å²) < 4.78 is 43.0. The summed E-state index contributed by atoms with van der Waals surface area (Å²) in [6.45, 7) is -0.971. The molecule has 1 aliphatic heterocycles. The van der Waals surface area contributed by atoms with Crippen LogP contribution >= 0.6 is 0 Å². The first-order valence-electron chi connectivity index (χ1n) is 10.3. The molecule has 1 aliphatic rings. The predicted molar refractivity (Wildman–Crippen MR) is 112 cm³/mol. The quantitative estimate of drug-likeness (QED) is 0.629. The Morgan fingerprint density at radius 1 is 1.18 bits per heavy atom. The van der Waals surface area contributed by atoms with E-state index in [0.29, 0.717) is 24.5 Å². The molecule has 0 radical (unpaired) electrons. The number of ether oxygens (including phenoxy) is 1. The lowest BCUT2D eigenvalue weighted by atomic mass is 10.1. The first-order valence-corrected chi connectivity index (χ1v) is 10.3. The zero-order valence-corrected chi connectivity index (χ0v) is 17.4. The highest BCUT2D eigenvalue weighted by Crippen LogP contribution is 2.25. The number of amides is 1. The van der Waals surface area contributed by atoms with E-state index in [1.165, 1.54) is 18.2 Å². The number of hydrogen-bond acceptors (Lipinski definition) is 6. The number of aromatic nitrogens is 4. The Bertz CT molecular complexity index is 1180. The van der Waals surface area contributed by atoms with Crippen molar-refractivity contribution in [1.29, 1.82) is 0 Å². The molecule has 0 bridgehead atoms. The molecule has 0 aliphatic carbocycles. The highest BCUT2D eigenvalue weighted by Gasteiger charge is 2.29. The van der Waals surface area contributed by atoms with Gasteiger partial charge in [0.15, 0.2) is 6.61 Å². The maximum absolute atomic E-state index is 12.8. The molecule has 3 aromatic rings. The van der Waals surface area contributed by atoms with Crippen molar-refractivity contribution in [3.8, 4) is 17.1 Å². The molecule has 172 valence electrons. The largest absolute Gasteiger partial charge is 0.468 e. The number of halogens is 3. The topological polar surface area (TPSA) is 99.0 Å². The Morgan fingerprint density at radius 2 is 1.97 bits per heavy atom. The van der Waals surface area contributed by atoms with Crippen LogP contribution in [0.4, 0.5) is 13.2 Å². The smallest absolute Gasteiger partial charge is 0.422 e. The van der Waals surface area contributed by atoms with Gasteiger partial charge in [0.05, 0.1) is 17.3 Å². The van der Waals surface area contributed by atoms with Crippen LogP contribution in [0.1, 0.15) is 41.5 Å². The maximum Gasteiger partial charge on any atom is 0.422 e. The van der Waals surface area contributed by atoms with E-state index in [0.717, 1.165) is 24.6 Å². The summed E-state index contributed by atoms with van der Waals surface area (Å²) in [5.41, 5.74) is 1.17. The minimum atomic E-state index is -4.48. The molecule has 11 heteroatoms. The minimum Gasteiger partial charge on any atom is -0.468 e. The lowest BCUT2D eigenvalue weighted by molar-refractivity contribution is -0.154. The summed E-state index contributed by atoms with van der Waals surface area (Å²) in [6.07, 6.45) is 2.00. The van der Waals surface area contributed by atoms with E-state index in [9.17, 15) is 22.8 Å². The van der Waals surface area contributed by atoms with Gasteiger partial charge in [-0.1, -0.05) is 0 Å². The van der Waals surface area contributed by atoms with Crippen molar-refractivity contribution in [3.63, 3.8) is 0 Å².